The van der Waals surface area contributed by atoms with Crippen molar-refractivity contribution in [1.29, 1.82) is 0 Å². The highest BCUT2D eigenvalue weighted by Crippen LogP contribution is 2.40. The van der Waals surface area contributed by atoms with Crippen LogP contribution in [0.15, 0.2) is 60.9 Å². The second-order valence-electron chi connectivity index (χ2n) is 13.3. The fourth-order valence-corrected chi connectivity index (χ4v) is 5.98. The first-order valence-electron chi connectivity index (χ1n) is 16.0. The highest BCUT2D eigenvalue weighted by molar-refractivity contribution is 7.14. The summed E-state index contributed by atoms with van der Waals surface area (Å²) >= 11 is 7.97. The van der Waals surface area contributed by atoms with Gasteiger partial charge in [-0.2, -0.15) is 0 Å². The van der Waals surface area contributed by atoms with Gasteiger partial charge < -0.3 is 25.2 Å². The summed E-state index contributed by atoms with van der Waals surface area (Å²) in [5.74, 6) is -0.652. The zero-order chi connectivity index (χ0) is 36.0. The number of nitrogens with one attached hydrogen (secondary N) is 2. The van der Waals surface area contributed by atoms with E-state index in [2.05, 4.69) is 41.4 Å². The van der Waals surface area contributed by atoms with Gasteiger partial charge in [-0.25, -0.2) is 9.97 Å². The molecule has 0 aliphatic carbocycles. The number of rotatable bonds is 13. The Morgan fingerprint density at radius 1 is 0.857 bits per heavy atom. The van der Waals surface area contributed by atoms with Crippen molar-refractivity contribution in [2.45, 2.75) is 91.5 Å². The first kappa shape index (κ1) is 37.3. The topological polar surface area (TPSA) is 140 Å². The lowest BCUT2D eigenvalue weighted by Gasteiger charge is -2.20. The number of amides is 2. The third kappa shape index (κ3) is 10.0. The Bertz CT molecular complexity index is 1780. The minimum Gasteiger partial charge on any atom is -0.487 e. The molecule has 2 aromatic carbocycles. The van der Waals surface area contributed by atoms with Crippen LogP contribution < -0.4 is 20.1 Å². The van der Waals surface area contributed by atoms with Crippen molar-refractivity contribution in [3.63, 3.8) is 0 Å². The van der Waals surface area contributed by atoms with E-state index in [1.165, 1.54) is 18.3 Å². The maximum atomic E-state index is 13.2. The molecule has 3 N–H and O–H groups in total. The number of nitrogens with zero attached hydrogens (tertiary/aromatic N) is 2. The number of halogens is 1. The van der Waals surface area contributed by atoms with Gasteiger partial charge >= 0.3 is 5.97 Å². The Kier molecular flexibility index (Phi) is 12.1. The second-order valence-corrected chi connectivity index (χ2v) is 14.8. The lowest BCUT2D eigenvalue weighted by Crippen LogP contribution is -2.51. The number of carboxylic acid groups (broad SMARTS) is 1. The van der Waals surface area contributed by atoms with Crippen molar-refractivity contribution < 1.29 is 29.0 Å². The van der Waals surface area contributed by atoms with Gasteiger partial charge in [0.05, 0.1) is 22.1 Å². The summed E-state index contributed by atoms with van der Waals surface area (Å²) in [5.41, 5.74) is 2.89. The number of benzene rings is 2. The summed E-state index contributed by atoms with van der Waals surface area (Å²) in [6.07, 6.45) is 3.39. The average molecular weight is 707 g/mol. The van der Waals surface area contributed by atoms with Crippen LogP contribution >= 0.6 is 22.9 Å². The Morgan fingerprint density at radius 2 is 1.49 bits per heavy atom. The fourth-order valence-electron chi connectivity index (χ4n) is 4.76. The van der Waals surface area contributed by atoms with Crippen molar-refractivity contribution in [2.24, 2.45) is 0 Å². The molecule has 2 atom stereocenters. The van der Waals surface area contributed by atoms with Gasteiger partial charge in [-0.15, -0.1) is 11.3 Å². The third-order valence-corrected chi connectivity index (χ3v) is 9.07. The van der Waals surface area contributed by atoms with Gasteiger partial charge in [-0.3, -0.25) is 14.4 Å². The van der Waals surface area contributed by atoms with Crippen molar-refractivity contribution in [2.75, 3.05) is 0 Å². The average Bonchev–Trinajstić information content (AvgIpc) is 3.54. The van der Waals surface area contributed by atoms with Crippen molar-refractivity contribution in [3.8, 4) is 34.0 Å². The van der Waals surface area contributed by atoms with E-state index < -0.39 is 29.9 Å². The summed E-state index contributed by atoms with van der Waals surface area (Å²) in [6.45, 7) is 15.3. The van der Waals surface area contributed by atoms with E-state index in [0.717, 1.165) is 27.1 Å². The van der Waals surface area contributed by atoms with Crippen molar-refractivity contribution >= 4 is 40.7 Å². The van der Waals surface area contributed by atoms with Gasteiger partial charge in [0.25, 0.3) is 5.91 Å². The number of aromatic nitrogens is 2. The predicted molar refractivity (Wildman–Crippen MR) is 193 cm³/mol. The molecule has 4 rings (SSSR count). The molecule has 0 saturated heterocycles. The van der Waals surface area contributed by atoms with E-state index in [-0.39, 0.29) is 24.0 Å². The molecule has 2 amide bonds. The van der Waals surface area contributed by atoms with E-state index in [1.54, 1.807) is 24.5 Å². The van der Waals surface area contributed by atoms with E-state index in [4.69, 9.17) is 21.1 Å². The summed E-state index contributed by atoms with van der Waals surface area (Å²) < 4.78 is 11.9. The van der Waals surface area contributed by atoms with Crippen LogP contribution in [-0.2, 0) is 21.4 Å². The summed E-state index contributed by atoms with van der Waals surface area (Å²) in [6, 6.07) is 12.5. The maximum Gasteiger partial charge on any atom is 0.325 e. The van der Waals surface area contributed by atoms with E-state index >= 15 is 0 Å². The molecule has 0 saturated carbocycles. The summed E-state index contributed by atoms with van der Waals surface area (Å²) in [4.78, 5) is 48.4. The monoisotopic (exact) mass is 706 g/mol. The Morgan fingerprint density at radius 3 is 2.04 bits per heavy atom. The lowest BCUT2D eigenvalue weighted by molar-refractivity contribution is -0.141. The lowest BCUT2D eigenvalue weighted by atomic mass is 9.95. The van der Waals surface area contributed by atoms with Gasteiger partial charge in [0.1, 0.15) is 12.1 Å². The minimum atomic E-state index is -1.17. The first-order valence-corrected chi connectivity index (χ1v) is 17.2. The molecule has 2 unspecified atom stereocenters. The fraction of sp³-hybridized carbons (Fsp3) is 0.378. The van der Waals surface area contributed by atoms with Gasteiger partial charge in [-0.05, 0) is 75.4 Å². The highest BCUT2D eigenvalue weighted by atomic mass is 35.5. The van der Waals surface area contributed by atoms with Crippen LogP contribution in [0.4, 0.5) is 0 Å². The molecule has 0 radical (unpaired) electrons. The number of aliphatic carboxylic acids is 1. The van der Waals surface area contributed by atoms with Crippen LogP contribution in [0.1, 0.15) is 75.5 Å². The molecule has 2 heterocycles. The SMILES string of the molecule is CC(C)Oc1cc(-c2cnc(-c3ccc(CC(NC(=O)c4ccc(C(C)(C)C)s4)C(=O)NC(C)C(=O)O)cc3)nc2)cc(Cl)c1OC(C)C. The molecule has 260 valence electrons. The summed E-state index contributed by atoms with van der Waals surface area (Å²) in [5, 5.41) is 15.0. The second kappa shape index (κ2) is 15.8. The maximum absolute atomic E-state index is 13.2. The number of carbonyl (C=O) groups excluding carboxylic acids is 2. The zero-order valence-electron chi connectivity index (χ0n) is 29.0. The van der Waals surface area contributed by atoms with E-state index in [9.17, 15) is 19.5 Å². The first-order chi connectivity index (χ1) is 23.0. The standard InChI is InChI=1S/C37H43ClN4O6S/c1-20(2)47-29-17-25(16-27(38)32(29)48-21(3)4)26-18-39-33(40-19-26)24-11-9-23(10-12-24)15-28(34(43)41-22(5)36(45)46)42-35(44)30-13-14-31(49-30)37(6,7)8/h9-14,16-22,28H,15H2,1-8H3,(H,41,43)(H,42,44)(H,45,46). The normalized spacial score (nSPS) is 12.8. The van der Waals surface area contributed by atoms with Crippen LogP contribution in [0, 0.1) is 0 Å². The quantitative estimate of drug-likeness (QED) is 0.131. The largest absolute Gasteiger partial charge is 0.487 e. The molecular formula is C37H43ClN4O6S. The molecule has 49 heavy (non-hydrogen) atoms. The number of carbonyl (C=O) groups is 3. The van der Waals surface area contributed by atoms with Crippen LogP contribution in [0.3, 0.4) is 0 Å². The minimum absolute atomic E-state index is 0.0811. The summed E-state index contributed by atoms with van der Waals surface area (Å²) in [7, 11) is 0. The molecule has 12 heteroatoms. The number of hydrogen-bond donors (Lipinski definition) is 3. The molecule has 0 bridgehead atoms. The van der Waals surface area contributed by atoms with E-state index in [1.807, 2.05) is 64.1 Å². The number of carboxylic acids is 1. The molecule has 10 nitrogen and oxygen atoms in total. The smallest absolute Gasteiger partial charge is 0.325 e. The molecule has 0 aliphatic rings. The predicted octanol–water partition coefficient (Wildman–Crippen LogP) is 7.33. The molecule has 2 aromatic heterocycles. The highest BCUT2D eigenvalue weighted by Gasteiger charge is 2.27. The zero-order valence-corrected chi connectivity index (χ0v) is 30.5. The molecular weight excluding hydrogens is 664 g/mol. The number of hydrogen-bond acceptors (Lipinski definition) is 8. The van der Waals surface area contributed by atoms with Crippen molar-refractivity contribution in [1.82, 2.24) is 20.6 Å². The number of ether oxygens (including phenoxy) is 2. The number of thiophene rings is 1. The van der Waals surface area contributed by atoms with Crippen LogP contribution in [0.25, 0.3) is 22.5 Å². The van der Waals surface area contributed by atoms with Gasteiger partial charge in [0, 0.05) is 34.8 Å². The van der Waals surface area contributed by atoms with Crippen LogP contribution in [-0.4, -0.2) is 57.1 Å². The van der Waals surface area contributed by atoms with Gasteiger partial charge in [0.2, 0.25) is 5.91 Å². The molecule has 0 aliphatic heterocycles. The van der Waals surface area contributed by atoms with Gasteiger partial charge in [-0.1, -0.05) is 56.6 Å². The van der Waals surface area contributed by atoms with E-state index in [0.29, 0.717) is 27.2 Å². The third-order valence-electron chi connectivity index (χ3n) is 7.28. The van der Waals surface area contributed by atoms with Crippen LogP contribution in [0.2, 0.25) is 5.02 Å². The Labute approximate surface area is 296 Å². The van der Waals surface area contributed by atoms with Crippen LogP contribution in [0.5, 0.6) is 11.5 Å². The Hall–Kier alpha value is -4.48. The van der Waals surface area contributed by atoms with Gasteiger partial charge in [0.15, 0.2) is 17.3 Å². The molecule has 4 aromatic rings. The Balaban J connectivity index is 1.53. The molecule has 0 spiro atoms. The van der Waals surface area contributed by atoms with Crippen molar-refractivity contribution in [3.05, 3.63) is 81.3 Å². The molecule has 0 fully saturated rings.